The second-order valence-corrected chi connectivity index (χ2v) is 4.85. The van der Waals surface area contributed by atoms with Gasteiger partial charge in [0, 0.05) is 23.6 Å². The number of carbonyl (C=O) groups is 1. The predicted octanol–water partition coefficient (Wildman–Crippen LogP) is 3.23. The first-order chi connectivity index (χ1) is 8.54. The smallest absolute Gasteiger partial charge is 0.306 e. The summed E-state index contributed by atoms with van der Waals surface area (Å²) in [4.78, 5) is 11.0. The van der Waals surface area contributed by atoms with Gasteiger partial charge in [0.2, 0.25) is 0 Å². The fourth-order valence-corrected chi connectivity index (χ4v) is 2.50. The second-order valence-electron chi connectivity index (χ2n) is 4.85. The van der Waals surface area contributed by atoms with Crippen LogP contribution < -0.4 is 0 Å². The van der Waals surface area contributed by atoms with Crippen LogP contribution in [0.25, 0.3) is 10.9 Å². The number of rotatable bonds is 4. The van der Waals surface area contributed by atoms with E-state index in [-0.39, 0.29) is 5.92 Å². The molecule has 18 heavy (non-hydrogen) atoms. The van der Waals surface area contributed by atoms with E-state index in [0.29, 0.717) is 6.42 Å². The molecule has 1 N–H and O–H groups in total. The van der Waals surface area contributed by atoms with Gasteiger partial charge in [0.15, 0.2) is 0 Å². The molecule has 0 amide bonds. The Morgan fingerprint density at radius 3 is 2.78 bits per heavy atom. The first kappa shape index (κ1) is 12.7. The first-order valence-corrected chi connectivity index (χ1v) is 6.34. The van der Waals surface area contributed by atoms with E-state index in [2.05, 4.69) is 30.7 Å². The van der Waals surface area contributed by atoms with Crippen LogP contribution >= 0.6 is 0 Å². The van der Waals surface area contributed by atoms with Crippen LogP contribution in [0.2, 0.25) is 0 Å². The summed E-state index contributed by atoms with van der Waals surface area (Å²) >= 11 is 0. The second kappa shape index (κ2) is 4.84. The van der Waals surface area contributed by atoms with E-state index in [1.54, 1.807) is 6.92 Å². The summed E-state index contributed by atoms with van der Waals surface area (Å²) in [6, 6.07) is 6.15. The summed E-state index contributed by atoms with van der Waals surface area (Å²) in [5, 5.41) is 10.2. The van der Waals surface area contributed by atoms with Crippen molar-refractivity contribution in [3.63, 3.8) is 0 Å². The molecule has 0 aliphatic rings. The highest BCUT2D eigenvalue weighted by Gasteiger charge is 2.15. The van der Waals surface area contributed by atoms with E-state index in [0.717, 1.165) is 12.1 Å². The van der Waals surface area contributed by atoms with Crippen molar-refractivity contribution in [2.24, 2.45) is 5.92 Å². The summed E-state index contributed by atoms with van der Waals surface area (Å²) in [7, 11) is 0. The molecule has 0 radical (unpaired) electrons. The Balaban J connectivity index is 2.51. The van der Waals surface area contributed by atoms with Crippen LogP contribution in [0.15, 0.2) is 24.4 Å². The van der Waals surface area contributed by atoms with Gasteiger partial charge in [-0.15, -0.1) is 0 Å². The normalized spacial score (nSPS) is 12.8. The largest absolute Gasteiger partial charge is 0.481 e. The van der Waals surface area contributed by atoms with Crippen LogP contribution in [0.5, 0.6) is 0 Å². The number of hydrogen-bond acceptors (Lipinski definition) is 1. The van der Waals surface area contributed by atoms with E-state index in [9.17, 15) is 4.79 Å². The van der Waals surface area contributed by atoms with Gasteiger partial charge in [-0.1, -0.05) is 19.1 Å². The number of hydrogen-bond donors (Lipinski definition) is 1. The standard InChI is InChI=1S/C15H19NO2/c1-4-16-9-11(3)14-12(6-5-7-13(14)16)8-10(2)15(17)18/h5-7,9-10H,4,8H2,1-3H3,(H,17,18). The molecular formula is C15H19NO2. The number of fused-ring (bicyclic) bond motifs is 1. The number of nitrogens with zero attached hydrogens (tertiary/aromatic N) is 1. The summed E-state index contributed by atoms with van der Waals surface area (Å²) in [5.41, 5.74) is 3.55. The van der Waals surface area contributed by atoms with Crippen molar-refractivity contribution >= 4 is 16.9 Å². The zero-order valence-electron chi connectivity index (χ0n) is 11.1. The summed E-state index contributed by atoms with van der Waals surface area (Å²) in [5.74, 6) is -1.08. The van der Waals surface area contributed by atoms with E-state index >= 15 is 0 Å². The summed E-state index contributed by atoms with van der Waals surface area (Å²) < 4.78 is 2.21. The molecule has 0 fully saturated rings. The maximum atomic E-state index is 11.0. The number of aromatic nitrogens is 1. The SMILES string of the molecule is CCn1cc(C)c2c(CC(C)C(=O)O)cccc21. The molecule has 0 bridgehead atoms. The van der Waals surface area contributed by atoms with Crippen molar-refractivity contribution in [2.75, 3.05) is 0 Å². The molecule has 2 aromatic rings. The van der Waals surface area contributed by atoms with Crippen LogP contribution in [0.3, 0.4) is 0 Å². The zero-order valence-corrected chi connectivity index (χ0v) is 11.1. The van der Waals surface area contributed by atoms with Crippen molar-refractivity contribution in [3.05, 3.63) is 35.5 Å². The lowest BCUT2D eigenvalue weighted by molar-refractivity contribution is -0.141. The molecule has 3 nitrogen and oxygen atoms in total. The van der Waals surface area contributed by atoms with Crippen LogP contribution in [0.1, 0.15) is 25.0 Å². The molecule has 1 heterocycles. The molecule has 96 valence electrons. The lowest BCUT2D eigenvalue weighted by Gasteiger charge is -2.09. The molecule has 1 aromatic carbocycles. The first-order valence-electron chi connectivity index (χ1n) is 6.34. The van der Waals surface area contributed by atoms with Crippen LogP contribution in [-0.2, 0) is 17.8 Å². The van der Waals surface area contributed by atoms with Gasteiger partial charge >= 0.3 is 5.97 Å². The average molecular weight is 245 g/mol. The van der Waals surface area contributed by atoms with Crippen LogP contribution in [0.4, 0.5) is 0 Å². The number of aryl methyl sites for hydroxylation is 2. The fourth-order valence-electron chi connectivity index (χ4n) is 2.50. The minimum Gasteiger partial charge on any atom is -0.481 e. The minimum absolute atomic E-state index is 0.347. The summed E-state index contributed by atoms with van der Waals surface area (Å²) in [6.07, 6.45) is 2.72. The van der Waals surface area contributed by atoms with Crippen molar-refractivity contribution in [2.45, 2.75) is 33.7 Å². The van der Waals surface area contributed by atoms with Crippen LogP contribution in [-0.4, -0.2) is 15.6 Å². The number of benzene rings is 1. The van der Waals surface area contributed by atoms with E-state index in [4.69, 9.17) is 5.11 Å². The lowest BCUT2D eigenvalue weighted by atomic mass is 9.97. The molecule has 1 unspecified atom stereocenters. The molecule has 0 saturated carbocycles. The van der Waals surface area contributed by atoms with E-state index in [1.807, 2.05) is 12.1 Å². The number of aliphatic carboxylic acids is 1. The fraction of sp³-hybridized carbons (Fsp3) is 0.400. The van der Waals surface area contributed by atoms with Gasteiger partial charge in [-0.2, -0.15) is 0 Å². The molecule has 0 aliphatic heterocycles. The Morgan fingerprint density at radius 1 is 1.44 bits per heavy atom. The van der Waals surface area contributed by atoms with Gasteiger partial charge in [0.05, 0.1) is 5.92 Å². The van der Waals surface area contributed by atoms with Gasteiger partial charge in [-0.05, 0) is 37.5 Å². The molecule has 2 rings (SSSR count). The van der Waals surface area contributed by atoms with Gasteiger partial charge in [0.25, 0.3) is 0 Å². The molecule has 3 heteroatoms. The average Bonchev–Trinajstić information content (AvgIpc) is 2.67. The Labute approximate surface area is 107 Å². The van der Waals surface area contributed by atoms with Crippen molar-refractivity contribution in [1.82, 2.24) is 4.57 Å². The molecule has 0 spiro atoms. The molecular weight excluding hydrogens is 226 g/mol. The minimum atomic E-state index is -0.736. The Morgan fingerprint density at radius 2 is 2.17 bits per heavy atom. The lowest BCUT2D eigenvalue weighted by Crippen LogP contribution is -2.12. The van der Waals surface area contributed by atoms with Gasteiger partial charge in [0.1, 0.15) is 0 Å². The van der Waals surface area contributed by atoms with Gasteiger partial charge in [-0.3, -0.25) is 4.79 Å². The molecule has 0 saturated heterocycles. The van der Waals surface area contributed by atoms with Crippen molar-refractivity contribution < 1.29 is 9.90 Å². The molecule has 0 aliphatic carbocycles. The third kappa shape index (κ3) is 2.13. The van der Waals surface area contributed by atoms with Gasteiger partial charge in [-0.25, -0.2) is 0 Å². The summed E-state index contributed by atoms with van der Waals surface area (Å²) in [6.45, 7) is 6.89. The maximum Gasteiger partial charge on any atom is 0.306 e. The quantitative estimate of drug-likeness (QED) is 0.898. The third-order valence-electron chi connectivity index (χ3n) is 3.47. The van der Waals surface area contributed by atoms with E-state index < -0.39 is 5.97 Å². The Hall–Kier alpha value is -1.77. The Bertz CT molecular complexity index is 583. The molecule has 1 aromatic heterocycles. The number of carboxylic acid groups (broad SMARTS) is 1. The highest BCUT2D eigenvalue weighted by atomic mass is 16.4. The van der Waals surface area contributed by atoms with Crippen molar-refractivity contribution in [1.29, 1.82) is 0 Å². The van der Waals surface area contributed by atoms with Crippen molar-refractivity contribution in [3.8, 4) is 0 Å². The highest BCUT2D eigenvalue weighted by molar-refractivity contribution is 5.87. The number of carboxylic acids is 1. The predicted molar refractivity (Wildman–Crippen MR) is 72.9 cm³/mol. The van der Waals surface area contributed by atoms with E-state index in [1.165, 1.54) is 16.5 Å². The molecule has 1 atom stereocenters. The zero-order chi connectivity index (χ0) is 13.3. The topological polar surface area (TPSA) is 42.2 Å². The third-order valence-corrected chi connectivity index (χ3v) is 3.47. The Kier molecular flexibility index (Phi) is 3.41. The van der Waals surface area contributed by atoms with Crippen LogP contribution in [0, 0.1) is 12.8 Å². The highest BCUT2D eigenvalue weighted by Crippen LogP contribution is 2.26. The monoisotopic (exact) mass is 245 g/mol. The maximum absolute atomic E-state index is 11.0. The van der Waals surface area contributed by atoms with Gasteiger partial charge < -0.3 is 9.67 Å².